The van der Waals surface area contributed by atoms with Gasteiger partial charge in [0.15, 0.2) is 6.10 Å². The van der Waals surface area contributed by atoms with E-state index in [1.165, 1.54) is 0 Å². The van der Waals surface area contributed by atoms with E-state index in [4.69, 9.17) is 18.9 Å². The Kier molecular flexibility index (Phi) is 5.03. The summed E-state index contributed by atoms with van der Waals surface area (Å²) in [5.41, 5.74) is 1.16. The van der Waals surface area contributed by atoms with Gasteiger partial charge in [0.05, 0.1) is 34.0 Å². The van der Waals surface area contributed by atoms with Gasteiger partial charge in [0, 0.05) is 19.2 Å². The Morgan fingerprint density at radius 3 is 2.43 bits per heavy atom. The van der Waals surface area contributed by atoms with Gasteiger partial charge in [0.25, 0.3) is 5.91 Å². The van der Waals surface area contributed by atoms with Crippen LogP contribution in [-0.4, -0.2) is 64.0 Å². The Bertz CT molecular complexity index is 528. The maximum atomic E-state index is 12.3. The molecule has 0 aliphatic carbocycles. The van der Waals surface area contributed by atoms with E-state index in [-0.39, 0.29) is 5.91 Å². The summed E-state index contributed by atoms with van der Waals surface area (Å²) in [6, 6.07) is 5.90. The summed E-state index contributed by atoms with van der Waals surface area (Å²) < 4.78 is 21.3. The van der Waals surface area contributed by atoms with Gasteiger partial charge < -0.3 is 23.8 Å². The number of amides is 1. The average Bonchev–Trinajstić information content (AvgIpc) is 2.57. The second-order valence-electron chi connectivity index (χ2n) is 5.97. The molecule has 126 valence electrons. The second-order valence-corrected chi connectivity index (χ2v) is 5.97. The Morgan fingerprint density at radius 1 is 1.17 bits per heavy atom. The molecule has 0 N–H and O–H groups in total. The first-order valence-electron chi connectivity index (χ1n) is 7.89. The Hall–Kier alpha value is -1.79. The van der Waals surface area contributed by atoms with Gasteiger partial charge in [0.2, 0.25) is 0 Å². The van der Waals surface area contributed by atoms with Crippen LogP contribution in [0.3, 0.4) is 0 Å². The topological polar surface area (TPSA) is 57.2 Å². The standard InChI is InChI=1S/C17H23NO5/c1-20-14-6-12(7-15(8-14)21-2)5-13-9-18(10-13)17(19)16-11-22-3-4-23-16/h6-8,13,16H,3-5,9-11H2,1-2H3. The lowest BCUT2D eigenvalue weighted by Gasteiger charge is -2.41. The van der Waals surface area contributed by atoms with Gasteiger partial charge >= 0.3 is 0 Å². The summed E-state index contributed by atoms with van der Waals surface area (Å²) in [4.78, 5) is 14.1. The fourth-order valence-electron chi connectivity index (χ4n) is 3.03. The number of carbonyl (C=O) groups excluding carboxylic acids is 1. The third-order valence-corrected chi connectivity index (χ3v) is 4.30. The van der Waals surface area contributed by atoms with Crippen molar-refractivity contribution in [3.05, 3.63) is 23.8 Å². The number of hydrogen-bond donors (Lipinski definition) is 0. The number of ether oxygens (including phenoxy) is 4. The zero-order chi connectivity index (χ0) is 16.2. The fraction of sp³-hybridized carbons (Fsp3) is 0.588. The highest BCUT2D eigenvalue weighted by Crippen LogP contribution is 2.27. The van der Waals surface area contributed by atoms with Gasteiger partial charge in [0.1, 0.15) is 11.5 Å². The van der Waals surface area contributed by atoms with Gasteiger partial charge in [-0.3, -0.25) is 4.79 Å². The van der Waals surface area contributed by atoms with Crippen molar-refractivity contribution in [1.82, 2.24) is 4.90 Å². The van der Waals surface area contributed by atoms with E-state index in [1.54, 1.807) is 14.2 Å². The van der Waals surface area contributed by atoms with Crippen molar-refractivity contribution in [2.24, 2.45) is 5.92 Å². The van der Waals surface area contributed by atoms with Crippen molar-refractivity contribution in [1.29, 1.82) is 0 Å². The van der Waals surface area contributed by atoms with E-state index in [0.29, 0.717) is 25.7 Å². The minimum absolute atomic E-state index is 0.0455. The van der Waals surface area contributed by atoms with Crippen LogP contribution in [-0.2, 0) is 20.7 Å². The molecule has 0 radical (unpaired) electrons. The highest BCUT2D eigenvalue weighted by Gasteiger charge is 2.35. The summed E-state index contributed by atoms with van der Waals surface area (Å²) in [6.07, 6.45) is 0.473. The molecule has 23 heavy (non-hydrogen) atoms. The molecule has 1 aromatic rings. The van der Waals surface area contributed by atoms with Crippen LogP contribution in [0.15, 0.2) is 18.2 Å². The SMILES string of the molecule is COc1cc(CC2CN(C(=O)C3COCCO3)C2)cc(OC)c1. The molecule has 0 aromatic heterocycles. The predicted molar refractivity (Wildman–Crippen MR) is 83.9 cm³/mol. The molecule has 2 aliphatic heterocycles. The second kappa shape index (κ2) is 7.19. The molecule has 0 spiro atoms. The number of rotatable bonds is 5. The van der Waals surface area contributed by atoms with Gasteiger partial charge in [-0.25, -0.2) is 0 Å². The first-order valence-corrected chi connectivity index (χ1v) is 7.89. The normalized spacial score (nSPS) is 21.7. The molecular weight excluding hydrogens is 298 g/mol. The molecule has 1 aromatic carbocycles. The first kappa shape index (κ1) is 16.1. The summed E-state index contributed by atoms with van der Waals surface area (Å²) in [5, 5.41) is 0. The largest absolute Gasteiger partial charge is 0.497 e. The minimum Gasteiger partial charge on any atom is -0.497 e. The molecule has 6 heteroatoms. The third-order valence-electron chi connectivity index (χ3n) is 4.30. The van der Waals surface area contributed by atoms with Gasteiger partial charge in [-0.1, -0.05) is 0 Å². The van der Waals surface area contributed by atoms with Crippen LogP contribution in [0.4, 0.5) is 0 Å². The maximum absolute atomic E-state index is 12.3. The van der Waals surface area contributed by atoms with Crippen LogP contribution in [0.5, 0.6) is 11.5 Å². The van der Waals surface area contributed by atoms with Crippen LogP contribution >= 0.6 is 0 Å². The molecule has 1 unspecified atom stereocenters. The van der Waals surface area contributed by atoms with E-state index >= 15 is 0 Å². The Labute approximate surface area is 136 Å². The monoisotopic (exact) mass is 321 g/mol. The smallest absolute Gasteiger partial charge is 0.254 e. The van der Waals surface area contributed by atoms with Crippen LogP contribution in [0.25, 0.3) is 0 Å². The molecule has 6 nitrogen and oxygen atoms in total. The van der Waals surface area contributed by atoms with Crippen molar-refractivity contribution < 1.29 is 23.7 Å². The van der Waals surface area contributed by atoms with Crippen molar-refractivity contribution >= 4 is 5.91 Å². The number of methoxy groups -OCH3 is 2. The molecule has 2 saturated heterocycles. The molecule has 1 atom stereocenters. The van der Waals surface area contributed by atoms with Crippen LogP contribution in [0, 0.1) is 5.92 Å². The van der Waals surface area contributed by atoms with Crippen molar-refractivity contribution in [2.75, 3.05) is 47.1 Å². The minimum atomic E-state index is -0.429. The number of hydrogen-bond acceptors (Lipinski definition) is 5. The molecule has 0 bridgehead atoms. The molecule has 2 heterocycles. The highest BCUT2D eigenvalue weighted by atomic mass is 16.6. The lowest BCUT2D eigenvalue weighted by atomic mass is 9.91. The highest BCUT2D eigenvalue weighted by molar-refractivity contribution is 5.82. The molecular formula is C17H23NO5. The Balaban J connectivity index is 1.52. The zero-order valence-corrected chi connectivity index (χ0v) is 13.6. The number of nitrogens with zero attached hydrogens (tertiary/aromatic N) is 1. The molecule has 0 saturated carbocycles. The van der Waals surface area contributed by atoms with E-state index < -0.39 is 6.10 Å². The van der Waals surface area contributed by atoms with Crippen molar-refractivity contribution in [3.63, 3.8) is 0 Å². The quantitative estimate of drug-likeness (QED) is 0.813. The van der Waals surface area contributed by atoms with E-state index in [0.717, 1.165) is 36.6 Å². The lowest BCUT2D eigenvalue weighted by molar-refractivity contribution is -0.163. The molecule has 2 fully saturated rings. The predicted octanol–water partition coefficient (Wildman–Crippen LogP) is 1.12. The van der Waals surface area contributed by atoms with Crippen LogP contribution in [0.2, 0.25) is 0 Å². The number of carbonyl (C=O) groups is 1. The summed E-state index contributed by atoms with van der Waals surface area (Å²) >= 11 is 0. The lowest BCUT2D eigenvalue weighted by Crippen LogP contribution is -2.56. The van der Waals surface area contributed by atoms with Crippen molar-refractivity contribution in [2.45, 2.75) is 12.5 Å². The first-order chi connectivity index (χ1) is 11.2. The van der Waals surface area contributed by atoms with Crippen molar-refractivity contribution in [3.8, 4) is 11.5 Å². The number of benzene rings is 1. The van der Waals surface area contributed by atoms with E-state index in [1.807, 2.05) is 23.1 Å². The van der Waals surface area contributed by atoms with Gasteiger partial charge in [-0.05, 0) is 30.0 Å². The average molecular weight is 321 g/mol. The van der Waals surface area contributed by atoms with Crippen LogP contribution < -0.4 is 9.47 Å². The maximum Gasteiger partial charge on any atom is 0.254 e. The van der Waals surface area contributed by atoms with Crippen LogP contribution in [0.1, 0.15) is 5.56 Å². The molecule has 2 aliphatic rings. The number of likely N-dealkylation sites (tertiary alicyclic amines) is 1. The zero-order valence-electron chi connectivity index (χ0n) is 13.6. The summed E-state index contributed by atoms with van der Waals surface area (Å²) in [5.74, 6) is 2.09. The summed E-state index contributed by atoms with van der Waals surface area (Å²) in [7, 11) is 3.29. The van der Waals surface area contributed by atoms with E-state index in [9.17, 15) is 4.79 Å². The van der Waals surface area contributed by atoms with E-state index in [2.05, 4.69) is 0 Å². The molecule has 3 rings (SSSR count). The van der Waals surface area contributed by atoms with Gasteiger partial charge in [-0.2, -0.15) is 0 Å². The summed E-state index contributed by atoms with van der Waals surface area (Å²) in [6.45, 7) is 2.96. The third kappa shape index (κ3) is 3.76. The Morgan fingerprint density at radius 2 is 1.87 bits per heavy atom. The molecule has 1 amide bonds. The van der Waals surface area contributed by atoms with Gasteiger partial charge in [-0.15, -0.1) is 0 Å². The fourth-order valence-corrected chi connectivity index (χ4v) is 3.03.